The van der Waals surface area contributed by atoms with Crippen LogP contribution in [0.25, 0.3) is 10.9 Å². The van der Waals surface area contributed by atoms with Gasteiger partial charge in [-0.15, -0.1) is 11.3 Å². The Hall–Kier alpha value is -1.59. The van der Waals surface area contributed by atoms with Gasteiger partial charge in [0.15, 0.2) is 4.47 Å². The number of H-pyrrole nitrogens is 1. The van der Waals surface area contributed by atoms with Crippen LogP contribution in [-0.4, -0.2) is 15.2 Å². The third-order valence-electron chi connectivity index (χ3n) is 2.76. The molecule has 0 atom stereocenters. The van der Waals surface area contributed by atoms with Crippen LogP contribution >= 0.6 is 22.9 Å². The molecule has 18 heavy (non-hydrogen) atoms. The normalized spacial score (nSPS) is 11.0. The molecular formula is C12H11ClN4S. The summed E-state index contributed by atoms with van der Waals surface area (Å²) in [6, 6.07) is 4.18. The Morgan fingerprint density at radius 2 is 2.28 bits per heavy atom. The maximum Gasteiger partial charge on any atom is 0.183 e. The smallest absolute Gasteiger partial charge is 0.183 e. The van der Waals surface area contributed by atoms with E-state index < -0.39 is 0 Å². The zero-order valence-corrected chi connectivity index (χ0v) is 11.3. The lowest BCUT2D eigenvalue weighted by Gasteiger charge is -2.08. The highest BCUT2D eigenvalue weighted by Gasteiger charge is 2.04. The zero-order chi connectivity index (χ0) is 12.5. The number of hydrogen-bond donors (Lipinski definition) is 2. The van der Waals surface area contributed by atoms with Crippen LogP contribution in [0, 0.1) is 6.92 Å². The Morgan fingerprint density at radius 3 is 3.06 bits per heavy atom. The quantitative estimate of drug-likeness (QED) is 0.770. The zero-order valence-electron chi connectivity index (χ0n) is 9.70. The number of hydrogen-bond acceptors (Lipinski definition) is 4. The Morgan fingerprint density at radius 1 is 1.39 bits per heavy atom. The second-order valence-corrected chi connectivity index (χ2v) is 5.75. The number of thiazole rings is 1. The molecule has 0 saturated carbocycles. The number of anilines is 1. The summed E-state index contributed by atoms with van der Waals surface area (Å²) in [5.74, 6) is 0. The molecule has 0 saturated heterocycles. The van der Waals surface area contributed by atoms with Crippen molar-refractivity contribution in [1.29, 1.82) is 0 Å². The van der Waals surface area contributed by atoms with Crippen LogP contribution in [0.2, 0.25) is 4.47 Å². The number of halogens is 1. The van der Waals surface area contributed by atoms with Crippen LogP contribution in [0.3, 0.4) is 0 Å². The fourth-order valence-corrected chi connectivity index (χ4v) is 2.76. The van der Waals surface area contributed by atoms with Crippen LogP contribution < -0.4 is 5.32 Å². The van der Waals surface area contributed by atoms with Crippen LogP contribution in [0.4, 0.5) is 5.69 Å². The van der Waals surface area contributed by atoms with Gasteiger partial charge >= 0.3 is 0 Å². The van der Waals surface area contributed by atoms with Gasteiger partial charge in [-0.05, 0) is 24.6 Å². The predicted octanol–water partition coefficient (Wildman–Crippen LogP) is 3.59. The molecule has 3 aromatic rings. The number of rotatable bonds is 3. The molecule has 1 aromatic carbocycles. The second kappa shape index (κ2) is 4.59. The maximum atomic E-state index is 5.80. The summed E-state index contributed by atoms with van der Waals surface area (Å²) >= 11 is 7.30. The minimum absolute atomic E-state index is 0.578. The van der Waals surface area contributed by atoms with Crippen LogP contribution in [0.1, 0.15) is 10.4 Å². The Kier molecular flexibility index (Phi) is 2.93. The SMILES string of the molecule is Cc1cc2[nH]ncc2cc1NCc1cnc(Cl)s1. The van der Waals surface area contributed by atoms with Gasteiger partial charge in [0.1, 0.15) is 0 Å². The molecule has 0 aliphatic carbocycles. The fourth-order valence-electron chi connectivity index (χ4n) is 1.84. The molecule has 4 nitrogen and oxygen atoms in total. The summed E-state index contributed by atoms with van der Waals surface area (Å²) in [6.45, 7) is 2.80. The lowest BCUT2D eigenvalue weighted by Crippen LogP contribution is -1.99. The number of benzene rings is 1. The first-order chi connectivity index (χ1) is 8.72. The van der Waals surface area contributed by atoms with Gasteiger partial charge < -0.3 is 5.32 Å². The molecule has 0 unspecified atom stereocenters. The molecule has 0 bridgehead atoms. The summed E-state index contributed by atoms with van der Waals surface area (Å²) in [5, 5.41) is 11.5. The predicted molar refractivity (Wildman–Crippen MR) is 75.3 cm³/mol. The number of aromatic amines is 1. The van der Waals surface area contributed by atoms with E-state index in [0.29, 0.717) is 4.47 Å². The van der Waals surface area contributed by atoms with Crippen molar-refractivity contribution in [2.75, 3.05) is 5.32 Å². The van der Waals surface area contributed by atoms with Gasteiger partial charge in [0.05, 0.1) is 18.3 Å². The average Bonchev–Trinajstić information content (AvgIpc) is 2.94. The summed E-state index contributed by atoms with van der Waals surface area (Å²) in [5.41, 5.74) is 3.34. The third-order valence-corrected chi connectivity index (χ3v) is 3.88. The van der Waals surface area contributed by atoms with Gasteiger partial charge in [-0.1, -0.05) is 11.6 Å². The molecular weight excluding hydrogens is 268 g/mol. The average molecular weight is 279 g/mol. The standard InChI is InChI=1S/C12H11ClN4S/c1-7-2-11-8(4-16-17-11)3-10(7)14-5-9-6-15-12(13)18-9/h2-4,6,14H,5H2,1H3,(H,16,17). The molecule has 0 aliphatic rings. The molecule has 0 spiro atoms. The lowest BCUT2D eigenvalue weighted by atomic mass is 10.1. The first-order valence-corrected chi connectivity index (χ1v) is 6.69. The minimum Gasteiger partial charge on any atom is -0.380 e. The van der Waals surface area contributed by atoms with E-state index in [0.717, 1.165) is 28.0 Å². The van der Waals surface area contributed by atoms with Gasteiger partial charge in [-0.25, -0.2) is 4.98 Å². The lowest BCUT2D eigenvalue weighted by molar-refractivity contribution is 1.12. The molecule has 0 fully saturated rings. The summed E-state index contributed by atoms with van der Waals surface area (Å²) in [4.78, 5) is 5.14. The van der Waals surface area contributed by atoms with Crippen molar-refractivity contribution in [2.24, 2.45) is 0 Å². The molecule has 2 N–H and O–H groups in total. The molecule has 0 radical (unpaired) electrons. The molecule has 3 rings (SSSR count). The Bertz CT molecular complexity index is 688. The Balaban J connectivity index is 1.83. The monoisotopic (exact) mass is 278 g/mol. The number of fused-ring (bicyclic) bond motifs is 1. The van der Waals surface area contributed by atoms with E-state index in [-0.39, 0.29) is 0 Å². The van der Waals surface area contributed by atoms with E-state index >= 15 is 0 Å². The van der Waals surface area contributed by atoms with E-state index in [1.807, 2.05) is 6.20 Å². The number of aryl methyl sites for hydroxylation is 1. The van der Waals surface area contributed by atoms with Crippen molar-refractivity contribution in [2.45, 2.75) is 13.5 Å². The maximum absolute atomic E-state index is 5.80. The minimum atomic E-state index is 0.578. The third kappa shape index (κ3) is 2.19. The van der Waals surface area contributed by atoms with Gasteiger partial charge in [-0.3, -0.25) is 5.10 Å². The largest absolute Gasteiger partial charge is 0.380 e. The van der Waals surface area contributed by atoms with Crippen LogP contribution in [0.15, 0.2) is 24.5 Å². The van der Waals surface area contributed by atoms with Gasteiger partial charge in [0.25, 0.3) is 0 Å². The van der Waals surface area contributed by atoms with Gasteiger partial charge in [0, 0.05) is 22.1 Å². The van der Waals surface area contributed by atoms with Crippen molar-refractivity contribution in [1.82, 2.24) is 15.2 Å². The molecule has 0 aliphatic heterocycles. The van der Waals surface area contributed by atoms with E-state index in [9.17, 15) is 0 Å². The molecule has 6 heteroatoms. The van der Waals surface area contributed by atoms with Crippen molar-refractivity contribution < 1.29 is 0 Å². The summed E-state index contributed by atoms with van der Waals surface area (Å²) in [6.07, 6.45) is 3.62. The van der Waals surface area contributed by atoms with E-state index in [1.54, 1.807) is 6.20 Å². The van der Waals surface area contributed by atoms with Gasteiger partial charge in [-0.2, -0.15) is 5.10 Å². The first-order valence-electron chi connectivity index (χ1n) is 5.50. The second-order valence-electron chi connectivity index (χ2n) is 4.06. The van der Waals surface area contributed by atoms with Crippen molar-refractivity contribution in [3.05, 3.63) is 39.4 Å². The van der Waals surface area contributed by atoms with E-state index in [4.69, 9.17) is 11.6 Å². The molecule has 92 valence electrons. The highest BCUT2D eigenvalue weighted by molar-refractivity contribution is 7.15. The van der Waals surface area contributed by atoms with Crippen LogP contribution in [0.5, 0.6) is 0 Å². The highest BCUT2D eigenvalue weighted by Crippen LogP contribution is 2.24. The van der Waals surface area contributed by atoms with Gasteiger partial charge in [0.2, 0.25) is 0 Å². The topological polar surface area (TPSA) is 53.6 Å². The summed E-state index contributed by atoms with van der Waals surface area (Å²) in [7, 11) is 0. The number of nitrogens with zero attached hydrogens (tertiary/aromatic N) is 2. The number of nitrogens with one attached hydrogen (secondary N) is 2. The number of aromatic nitrogens is 3. The molecule has 2 aromatic heterocycles. The fraction of sp³-hybridized carbons (Fsp3) is 0.167. The van der Waals surface area contributed by atoms with E-state index in [1.165, 1.54) is 16.9 Å². The van der Waals surface area contributed by atoms with E-state index in [2.05, 4.69) is 39.6 Å². The van der Waals surface area contributed by atoms with Crippen molar-refractivity contribution in [3.8, 4) is 0 Å². The Labute approximate surface area is 113 Å². The van der Waals surface area contributed by atoms with Crippen molar-refractivity contribution >= 4 is 39.5 Å². The molecule has 0 amide bonds. The van der Waals surface area contributed by atoms with Crippen molar-refractivity contribution in [3.63, 3.8) is 0 Å². The summed E-state index contributed by atoms with van der Waals surface area (Å²) < 4.78 is 0.578. The highest BCUT2D eigenvalue weighted by atomic mass is 35.5. The van der Waals surface area contributed by atoms with Crippen LogP contribution in [-0.2, 0) is 6.54 Å². The first kappa shape index (κ1) is 11.5. The molecule has 2 heterocycles.